The lowest BCUT2D eigenvalue weighted by Gasteiger charge is -2.32. The smallest absolute Gasteiger partial charge is 0.0616 e. The first-order valence-electron chi connectivity index (χ1n) is 4.43. The van der Waals surface area contributed by atoms with Gasteiger partial charge in [0.05, 0.1) is 6.61 Å². The number of hydrogen-bond donors (Lipinski definition) is 3. The molecule has 1 atom stereocenters. The zero-order valence-electron chi connectivity index (χ0n) is 7.55. The monoisotopic (exact) mass is 174 g/mol. The van der Waals surface area contributed by atoms with Crippen LogP contribution in [0.15, 0.2) is 0 Å². The van der Waals surface area contributed by atoms with Gasteiger partial charge in [-0.1, -0.05) is 0 Å². The van der Waals surface area contributed by atoms with Crippen molar-refractivity contribution >= 4 is 0 Å². The van der Waals surface area contributed by atoms with Gasteiger partial charge in [0.1, 0.15) is 0 Å². The summed E-state index contributed by atoms with van der Waals surface area (Å²) in [7, 11) is 1.69. The maximum Gasteiger partial charge on any atom is 0.0616 e. The van der Waals surface area contributed by atoms with Gasteiger partial charge in [-0.25, -0.2) is 0 Å². The first-order chi connectivity index (χ1) is 5.86. The molecule has 1 heterocycles. The van der Waals surface area contributed by atoms with E-state index in [0.717, 1.165) is 19.5 Å². The second-order valence-corrected chi connectivity index (χ2v) is 3.19. The van der Waals surface area contributed by atoms with Crippen molar-refractivity contribution in [2.24, 2.45) is 0 Å². The van der Waals surface area contributed by atoms with Crippen LogP contribution in [-0.4, -0.2) is 50.6 Å². The Labute approximate surface area is 73.3 Å². The number of ether oxygens (including phenoxy) is 1. The molecule has 0 aromatic rings. The average molecular weight is 174 g/mol. The summed E-state index contributed by atoms with van der Waals surface area (Å²) in [5, 5.41) is 15.3. The fourth-order valence-corrected chi connectivity index (χ4v) is 1.31. The molecule has 72 valence electrons. The molecule has 1 fully saturated rings. The molecule has 1 aliphatic rings. The SMILES string of the molecule is COCC(CCO)NC1CNC1. The summed E-state index contributed by atoms with van der Waals surface area (Å²) < 4.78 is 5.03. The molecule has 0 spiro atoms. The van der Waals surface area contributed by atoms with E-state index in [2.05, 4.69) is 10.6 Å². The van der Waals surface area contributed by atoms with E-state index in [1.54, 1.807) is 7.11 Å². The Kier molecular flexibility index (Phi) is 4.53. The molecular formula is C8H18N2O2. The zero-order chi connectivity index (χ0) is 8.81. The molecule has 0 bridgehead atoms. The molecule has 0 aromatic carbocycles. The van der Waals surface area contributed by atoms with Crippen LogP contribution < -0.4 is 10.6 Å². The Hall–Kier alpha value is -0.160. The van der Waals surface area contributed by atoms with Crippen LogP contribution in [0.25, 0.3) is 0 Å². The van der Waals surface area contributed by atoms with Crippen molar-refractivity contribution in [1.82, 2.24) is 10.6 Å². The van der Waals surface area contributed by atoms with Crippen LogP contribution in [0.2, 0.25) is 0 Å². The van der Waals surface area contributed by atoms with Gasteiger partial charge in [-0.15, -0.1) is 0 Å². The average Bonchev–Trinajstić information content (AvgIpc) is 1.97. The van der Waals surface area contributed by atoms with Gasteiger partial charge in [-0.05, 0) is 6.42 Å². The second-order valence-electron chi connectivity index (χ2n) is 3.19. The lowest BCUT2D eigenvalue weighted by molar-refractivity contribution is 0.136. The Morgan fingerprint density at radius 1 is 1.67 bits per heavy atom. The summed E-state index contributed by atoms with van der Waals surface area (Å²) in [6.45, 7) is 2.97. The van der Waals surface area contributed by atoms with Gasteiger partial charge in [0.15, 0.2) is 0 Å². The van der Waals surface area contributed by atoms with Crippen molar-refractivity contribution in [3.8, 4) is 0 Å². The van der Waals surface area contributed by atoms with E-state index < -0.39 is 0 Å². The van der Waals surface area contributed by atoms with Crippen LogP contribution in [0.5, 0.6) is 0 Å². The van der Waals surface area contributed by atoms with Gasteiger partial charge in [-0.3, -0.25) is 0 Å². The lowest BCUT2D eigenvalue weighted by Crippen LogP contribution is -2.58. The molecule has 1 rings (SSSR count). The van der Waals surface area contributed by atoms with Crippen molar-refractivity contribution in [2.45, 2.75) is 18.5 Å². The molecule has 0 saturated carbocycles. The molecule has 0 amide bonds. The van der Waals surface area contributed by atoms with Crippen LogP contribution in [0.4, 0.5) is 0 Å². The Bertz CT molecular complexity index is 112. The van der Waals surface area contributed by atoms with Gasteiger partial charge in [0.2, 0.25) is 0 Å². The molecule has 1 unspecified atom stereocenters. The molecule has 0 aliphatic carbocycles. The second kappa shape index (κ2) is 5.48. The van der Waals surface area contributed by atoms with Crippen LogP contribution >= 0.6 is 0 Å². The van der Waals surface area contributed by atoms with E-state index in [-0.39, 0.29) is 6.61 Å². The summed E-state index contributed by atoms with van der Waals surface area (Å²) in [5.74, 6) is 0. The highest BCUT2D eigenvalue weighted by molar-refractivity contribution is 4.84. The molecule has 0 aromatic heterocycles. The third-order valence-electron chi connectivity index (χ3n) is 2.10. The minimum Gasteiger partial charge on any atom is -0.396 e. The summed E-state index contributed by atoms with van der Waals surface area (Å²) in [5.41, 5.74) is 0. The Balaban J connectivity index is 2.11. The van der Waals surface area contributed by atoms with Crippen molar-refractivity contribution in [1.29, 1.82) is 0 Å². The van der Waals surface area contributed by atoms with Crippen LogP contribution in [0, 0.1) is 0 Å². The van der Waals surface area contributed by atoms with Gasteiger partial charge in [0, 0.05) is 38.9 Å². The summed E-state index contributed by atoms with van der Waals surface area (Å²) in [6, 6.07) is 0.865. The predicted molar refractivity (Wildman–Crippen MR) is 47.2 cm³/mol. The van der Waals surface area contributed by atoms with E-state index in [9.17, 15) is 0 Å². The van der Waals surface area contributed by atoms with Gasteiger partial charge in [-0.2, -0.15) is 0 Å². The van der Waals surface area contributed by atoms with E-state index in [1.807, 2.05) is 0 Å². The van der Waals surface area contributed by atoms with Gasteiger partial charge >= 0.3 is 0 Å². The summed E-state index contributed by atoms with van der Waals surface area (Å²) >= 11 is 0. The molecule has 4 nitrogen and oxygen atoms in total. The van der Waals surface area contributed by atoms with Crippen LogP contribution in [-0.2, 0) is 4.74 Å². The third-order valence-corrected chi connectivity index (χ3v) is 2.10. The standard InChI is InChI=1S/C8H18N2O2/c1-12-6-7(2-3-11)10-8-4-9-5-8/h7-11H,2-6H2,1H3. The fourth-order valence-electron chi connectivity index (χ4n) is 1.31. The molecule has 1 saturated heterocycles. The maximum atomic E-state index is 8.76. The van der Waals surface area contributed by atoms with Gasteiger partial charge < -0.3 is 20.5 Å². The number of rotatable bonds is 6. The molecule has 1 aliphatic heterocycles. The van der Waals surface area contributed by atoms with E-state index in [1.165, 1.54) is 0 Å². The fraction of sp³-hybridized carbons (Fsp3) is 1.00. The third kappa shape index (κ3) is 3.06. The van der Waals surface area contributed by atoms with Crippen molar-refractivity contribution in [3.05, 3.63) is 0 Å². The lowest BCUT2D eigenvalue weighted by atomic mass is 10.1. The summed E-state index contributed by atoms with van der Waals surface area (Å²) in [6.07, 6.45) is 0.768. The number of aliphatic hydroxyl groups is 1. The number of aliphatic hydroxyl groups excluding tert-OH is 1. The maximum absolute atomic E-state index is 8.76. The predicted octanol–water partition coefficient (Wildman–Crippen LogP) is -1.05. The highest BCUT2D eigenvalue weighted by atomic mass is 16.5. The van der Waals surface area contributed by atoms with E-state index in [0.29, 0.717) is 18.7 Å². The largest absolute Gasteiger partial charge is 0.396 e. The highest BCUT2D eigenvalue weighted by Crippen LogP contribution is 1.98. The molecular weight excluding hydrogens is 156 g/mol. The quantitative estimate of drug-likeness (QED) is 0.481. The minimum absolute atomic E-state index is 0.223. The number of nitrogens with one attached hydrogen (secondary N) is 2. The van der Waals surface area contributed by atoms with Crippen molar-refractivity contribution in [3.63, 3.8) is 0 Å². The number of hydrogen-bond acceptors (Lipinski definition) is 4. The Morgan fingerprint density at radius 3 is 2.83 bits per heavy atom. The van der Waals surface area contributed by atoms with E-state index in [4.69, 9.17) is 9.84 Å². The minimum atomic E-state index is 0.223. The highest BCUT2D eigenvalue weighted by Gasteiger charge is 2.19. The van der Waals surface area contributed by atoms with Crippen molar-refractivity contribution in [2.75, 3.05) is 33.4 Å². The summed E-state index contributed by atoms with van der Waals surface area (Å²) in [4.78, 5) is 0. The first kappa shape index (κ1) is 9.92. The van der Waals surface area contributed by atoms with E-state index >= 15 is 0 Å². The Morgan fingerprint density at radius 2 is 2.42 bits per heavy atom. The molecule has 12 heavy (non-hydrogen) atoms. The van der Waals surface area contributed by atoms with Crippen LogP contribution in [0.1, 0.15) is 6.42 Å². The topological polar surface area (TPSA) is 53.5 Å². The number of methoxy groups -OCH3 is 1. The van der Waals surface area contributed by atoms with Crippen molar-refractivity contribution < 1.29 is 9.84 Å². The molecule has 4 heteroatoms. The molecule has 3 N–H and O–H groups in total. The van der Waals surface area contributed by atoms with Gasteiger partial charge in [0.25, 0.3) is 0 Å². The zero-order valence-corrected chi connectivity index (χ0v) is 7.55. The molecule has 0 radical (unpaired) electrons. The van der Waals surface area contributed by atoms with Crippen LogP contribution in [0.3, 0.4) is 0 Å². The first-order valence-corrected chi connectivity index (χ1v) is 4.43. The normalized spacial score (nSPS) is 20.5.